The van der Waals surface area contributed by atoms with E-state index in [1.807, 2.05) is 0 Å². The van der Waals surface area contributed by atoms with Crippen LogP contribution in [0.3, 0.4) is 0 Å². The maximum absolute atomic E-state index is 10.2. The average molecular weight is 141 g/mol. The predicted molar refractivity (Wildman–Crippen MR) is 31.7 cm³/mol. The highest BCUT2D eigenvalue weighted by Gasteiger charge is 1.99. The number of hydrogen-bond acceptors (Lipinski definition) is 4. The van der Waals surface area contributed by atoms with E-state index < -0.39 is 0 Å². The number of aryl methyl sites for hydroxylation is 1. The molecule has 0 aliphatic rings. The van der Waals surface area contributed by atoms with Crippen molar-refractivity contribution in [3.05, 3.63) is 5.82 Å². The molecule has 1 heterocycles. The molecule has 0 spiro atoms. The van der Waals surface area contributed by atoms with Gasteiger partial charge in [0.25, 0.3) is 0 Å². The molecule has 0 bridgehead atoms. The molecule has 0 radical (unpaired) electrons. The lowest BCUT2D eigenvalue weighted by molar-refractivity contribution is -0.118. The van der Waals surface area contributed by atoms with Crippen LogP contribution < -0.4 is 5.73 Å². The second kappa shape index (κ2) is 2.90. The van der Waals surface area contributed by atoms with Crippen molar-refractivity contribution in [2.45, 2.75) is 12.8 Å². The summed E-state index contributed by atoms with van der Waals surface area (Å²) in [6.07, 6.45) is 0.714. The Morgan fingerprint density at radius 2 is 2.50 bits per heavy atom. The van der Waals surface area contributed by atoms with Crippen LogP contribution in [0.25, 0.3) is 0 Å². The van der Waals surface area contributed by atoms with Crippen LogP contribution in [0.2, 0.25) is 0 Å². The summed E-state index contributed by atoms with van der Waals surface area (Å²) in [5.74, 6) is 0.156. The molecule has 0 fully saturated rings. The van der Waals surface area contributed by atoms with E-state index in [1.54, 1.807) is 0 Å². The van der Waals surface area contributed by atoms with Crippen molar-refractivity contribution in [1.29, 1.82) is 0 Å². The highest BCUT2D eigenvalue weighted by Crippen LogP contribution is 1.89. The Balaban J connectivity index is 2.35. The number of rotatable bonds is 3. The van der Waals surface area contributed by atoms with Crippen molar-refractivity contribution >= 4 is 5.91 Å². The molecule has 0 aromatic carbocycles. The Kier molecular flexibility index (Phi) is 1.93. The lowest BCUT2D eigenvalue weighted by atomic mass is 10.3. The molecule has 0 unspecified atom stereocenters. The van der Waals surface area contributed by atoms with E-state index in [4.69, 9.17) is 5.73 Å². The summed E-state index contributed by atoms with van der Waals surface area (Å²) < 4.78 is 0. The fraction of sp³-hybridized carbons (Fsp3) is 0.500. The van der Waals surface area contributed by atoms with E-state index in [0.717, 1.165) is 0 Å². The third kappa shape index (κ3) is 1.81. The number of nitrogens with one attached hydrogen (secondary N) is 1. The second-order valence-electron chi connectivity index (χ2n) is 1.79. The SMILES string of the molecule is NC(=O)CCc1nn[nH]n1. The van der Waals surface area contributed by atoms with Gasteiger partial charge in [-0.3, -0.25) is 4.79 Å². The number of carbonyl (C=O) groups excluding carboxylic acids is 1. The number of aromatic nitrogens is 4. The number of carbonyl (C=O) groups is 1. The Hall–Kier alpha value is -1.46. The highest BCUT2D eigenvalue weighted by molar-refractivity contribution is 5.73. The predicted octanol–water partition coefficient (Wildman–Crippen LogP) is -1.38. The monoisotopic (exact) mass is 141 g/mol. The summed E-state index contributed by atoms with van der Waals surface area (Å²) in [6, 6.07) is 0. The van der Waals surface area contributed by atoms with E-state index in [1.165, 1.54) is 0 Å². The first-order valence-corrected chi connectivity index (χ1v) is 2.79. The fourth-order valence-electron chi connectivity index (χ4n) is 0.523. The Morgan fingerprint density at radius 1 is 1.70 bits per heavy atom. The molecule has 1 aromatic rings. The van der Waals surface area contributed by atoms with Crippen LogP contribution in [-0.4, -0.2) is 26.5 Å². The zero-order valence-corrected chi connectivity index (χ0v) is 5.24. The van der Waals surface area contributed by atoms with E-state index in [2.05, 4.69) is 20.6 Å². The van der Waals surface area contributed by atoms with Crippen molar-refractivity contribution < 1.29 is 4.79 Å². The molecule has 0 atom stereocenters. The summed E-state index contributed by atoms with van der Waals surface area (Å²) in [4.78, 5) is 10.2. The van der Waals surface area contributed by atoms with E-state index in [9.17, 15) is 4.79 Å². The van der Waals surface area contributed by atoms with Crippen LogP contribution in [0.5, 0.6) is 0 Å². The lowest BCUT2D eigenvalue weighted by Gasteiger charge is -1.87. The topological polar surface area (TPSA) is 97.5 Å². The molecule has 3 N–H and O–H groups in total. The van der Waals surface area contributed by atoms with Gasteiger partial charge in [0, 0.05) is 12.8 Å². The minimum atomic E-state index is -0.357. The molecular weight excluding hydrogens is 134 g/mol. The van der Waals surface area contributed by atoms with Crippen molar-refractivity contribution in [1.82, 2.24) is 20.6 Å². The molecule has 0 saturated heterocycles. The maximum atomic E-state index is 10.2. The second-order valence-corrected chi connectivity index (χ2v) is 1.79. The minimum absolute atomic E-state index is 0.263. The van der Waals surface area contributed by atoms with Crippen LogP contribution >= 0.6 is 0 Å². The maximum Gasteiger partial charge on any atom is 0.217 e. The van der Waals surface area contributed by atoms with Crippen LogP contribution in [0, 0.1) is 0 Å². The van der Waals surface area contributed by atoms with Gasteiger partial charge in [-0.2, -0.15) is 5.21 Å². The highest BCUT2D eigenvalue weighted by atomic mass is 16.1. The van der Waals surface area contributed by atoms with E-state index in [-0.39, 0.29) is 12.3 Å². The Morgan fingerprint density at radius 3 is 3.00 bits per heavy atom. The first-order valence-electron chi connectivity index (χ1n) is 2.79. The third-order valence-electron chi connectivity index (χ3n) is 0.984. The standard InChI is InChI=1S/C4H7N5O/c5-3(10)1-2-4-6-8-9-7-4/h1-2H2,(H2,5,10)(H,6,7,8,9). The van der Waals surface area contributed by atoms with Gasteiger partial charge in [0.2, 0.25) is 5.91 Å². The van der Waals surface area contributed by atoms with Crippen molar-refractivity contribution in [3.63, 3.8) is 0 Å². The summed E-state index contributed by atoms with van der Waals surface area (Å²) in [5, 5.41) is 12.8. The van der Waals surface area contributed by atoms with Gasteiger partial charge in [-0.25, -0.2) is 0 Å². The molecule has 1 rings (SSSR count). The number of tetrazole rings is 1. The summed E-state index contributed by atoms with van der Waals surface area (Å²) in [7, 11) is 0. The molecule has 0 aliphatic heterocycles. The zero-order valence-electron chi connectivity index (χ0n) is 5.24. The largest absolute Gasteiger partial charge is 0.370 e. The minimum Gasteiger partial charge on any atom is -0.370 e. The number of amides is 1. The average Bonchev–Trinajstić information content (AvgIpc) is 2.34. The molecular formula is C4H7N5O. The van der Waals surface area contributed by atoms with Crippen molar-refractivity contribution in [3.8, 4) is 0 Å². The lowest BCUT2D eigenvalue weighted by Crippen LogP contribution is -2.11. The van der Waals surface area contributed by atoms with Crippen molar-refractivity contribution in [2.24, 2.45) is 5.73 Å². The molecule has 0 aliphatic carbocycles. The Labute approximate surface area is 56.8 Å². The van der Waals surface area contributed by atoms with Gasteiger partial charge in [0.15, 0.2) is 5.82 Å². The molecule has 10 heavy (non-hydrogen) atoms. The van der Waals surface area contributed by atoms with Crippen LogP contribution in [0.15, 0.2) is 0 Å². The fourth-order valence-corrected chi connectivity index (χ4v) is 0.523. The number of nitrogens with two attached hydrogens (primary N) is 1. The molecule has 1 amide bonds. The molecule has 0 saturated carbocycles. The molecule has 54 valence electrons. The van der Waals surface area contributed by atoms with Crippen LogP contribution in [0.4, 0.5) is 0 Å². The first-order chi connectivity index (χ1) is 4.79. The van der Waals surface area contributed by atoms with E-state index >= 15 is 0 Å². The van der Waals surface area contributed by atoms with Crippen molar-refractivity contribution in [2.75, 3.05) is 0 Å². The molecule has 6 heteroatoms. The first kappa shape index (κ1) is 6.66. The number of primary amides is 1. The van der Waals surface area contributed by atoms with Gasteiger partial charge in [-0.15, -0.1) is 10.2 Å². The Bertz CT molecular complexity index is 205. The third-order valence-corrected chi connectivity index (χ3v) is 0.984. The zero-order chi connectivity index (χ0) is 7.40. The summed E-state index contributed by atoms with van der Waals surface area (Å²) in [5.41, 5.74) is 4.88. The summed E-state index contributed by atoms with van der Waals surface area (Å²) >= 11 is 0. The summed E-state index contributed by atoms with van der Waals surface area (Å²) in [6.45, 7) is 0. The van der Waals surface area contributed by atoms with Gasteiger partial charge in [0.05, 0.1) is 0 Å². The number of nitrogens with zero attached hydrogens (tertiary/aromatic N) is 3. The smallest absolute Gasteiger partial charge is 0.217 e. The molecule has 6 nitrogen and oxygen atoms in total. The number of hydrogen-bond donors (Lipinski definition) is 2. The quantitative estimate of drug-likeness (QED) is 0.541. The number of aromatic amines is 1. The van der Waals surface area contributed by atoms with Gasteiger partial charge in [-0.05, 0) is 0 Å². The normalized spacial score (nSPS) is 9.60. The van der Waals surface area contributed by atoms with Gasteiger partial charge in [0.1, 0.15) is 0 Å². The van der Waals surface area contributed by atoms with E-state index in [0.29, 0.717) is 12.2 Å². The van der Waals surface area contributed by atoms with Crippen LogP contribution in [0.1, 0.15) is 12.2 Å². The van der Waals surface area contributed by atoms with Gasteiger partial charge >= 0.3 is 0 Å². The number of H-pyrrole nitrogens is 1. The molecule has 1 aromatic heterocycles. The van der Waals surface area contributed by atoms with Crippen LogP contribution in [-0.2, 0) is 11.2 Å². The van der Waals surface area contributed by atoms with Gasteiger partial charge < -0.3 is 5.73 Å². The van der Waals surface area contributed by atoms with Gasteiger partial charge in [-0.1, -0.05) is 5.21 Å².